The largest absolute Gasteiger partial charge is 1.00 e. The Morgan fingerprint density at radius 2 is 1.21 bits per heavy atom. The van der Waals surface area contributed by atoms with Crippen molar-refractivity contribution >= 4 is 5.91 Å². The van der Waals surface area contributed by atoms with Crippen molar-refractivity contribution in [2.45, 2.75) is 217 Å². The molecule has 2 saturated heterocycles. The molecule has 0 saturated carbocycles. The third-order valence-corrected chi connectivity index (χ3v) is 10.8. The van der Waals surface area contributed by atoms with E-state index in [1.165, 1.54) is 51.6 Å². The van der Waals surface area contributed by atoms with Crippen LogP contribution in [0.3, 0.4) is 0 Å². The van der Waals surface area contributed by atoms with Gasteiger partial charge >= 0.3 is 63.5 Å². The van der Waals surface area contributed by atoms with Crippen molar-refractivity contribution < 1.29 is 132 Å². The first-order chi connectivity index (χ1) is 31.8. The number of hydrogen-bond donors (Lipinski definition) is 4. The van der Waals surface area contributed by atoms with Gasteiger partial charge < -0.3 is 73.7 Å². The number of alkyl halides is 3. The summed E-state index contributed by atoms with van der Waals surface area (Å²) in [6, 6.07) is -2.01. The van der Waals surface area contributed by atoms with Gasteiger partial charge in [-0.1, -0.05) is 111 Å². The molecule has 16 nitrogen and oxygen atoms in total. The molecule has 68 heavy (non-hydrogen) atoms. The monoisotopic (exact) mass is 1010 g/mol. The molecule has 0 aliphatic carbocycles. The number of methoxy groups -OCH3 is 4. The van der Waals surface area contributed by atoms with Crippen molar-refractivity contribution in [3.8, 4) is 0 Å². The fourth-order valence-electron chi connectivity index (χ4n) is 7.22. The molecule has 0 bridgehead atoms. The van der Waals surface area contributed by atoms with Crippen molar-refractivity contribution in [3.63, 3.8) is 0 Å². The van der Waals surface area contributed by atoms with E-state index in [9.17, 15) is 33.3 Å². The number of carbonyl (C=O) groups excluding carboxylic acids is 1. The molecule has 0 spiro atoms. The summed E-state index contributed by atoms with van der Waals surface area (Å²) in [6.07, 6.45) is 6.95. The number of carbonyl (C=O) groups is 1. The van der Waals surface area contributed by atoms with Gasteiger partial charge in [-0.15, -0.1) is 12.2 Å². The first-order valence-corrected chi connectivity index (χ1v) is 24.0. The molecule has 0 aromatic carbocycles. The van der Waals surface area contributed by atoms with Gasteiger partial charge in [-0.05, 0) is 32.6 Å². The summed E-state index contributed by atoms with van der Waals surface area (Å²) in [4.78, 5) is 11.7. The third-order valence-electron chi connectivity index (χ3n) is 10.8. The molecule has 20 heteroatoms. The average molecular weight is 1020 g/mol. The number of hydrogen-bond acceptors (Lipinski definition) is 15. The van der Waals surface area contributed by atoms with Gasteiger partial charge in [0.1, 0.15) is 42.7 Å². The molecule has 0 aromatic heterocycles. The molecule has 2 aliphatic rings. The average Bonchev–Trinajstić information content (AvgIpc) is 3.27. The van der Waals surface area contributed by atoms with Gasteiger partial charge in [0.15, 0.2) is 6.29 Å². The number of halogens is 3. The van der Waals surface area contributed by atoms with Crippen LogP contribution in [-0.2, 0) is 52.2 Å². The fraction of sp³-hybridized carbons (Fsp3) is 0.896. The van der Waals surface area contributed by atoms with Gasteiger partial charge in [-0.2, -0.15) is 13.2 Å². The normalized spacial score (nSPS) is 26.1. The van der Waals surface area contributed by atoms with Gasteiger partial charge in [0, 0.05) is 41.7 Å². The molecule has 2 aliphatic heterocycles. The first-order valence-electron chi connectivity index (χ1n) is 24.0. The van der Waals surface area contributed by atoms with Crippen LogP contribution in [0, 0.1) is 0 Å². The topological polar surface area (TPSA) is 211 Å². The minimum Gasteiger partial charge on any atom is -0.850 e. The summed E-state index contributed by atoms with van der Waals surface area (Å²) in [7, 11) is 6.29. The van der Waals surface area contributed by atoms with E-state index in [1.807, 2.05) is 12.2 Å². The van der Waals surface area contributed by atoms with Gasteiger partial charge in [-0.25, -0.2) is 0 Å². The standard InChI is InChI=1S/C23H40F3NO7.C21H41NO6.C4H9O.K/c1-5-7-8-9-10-11-16(31-4)12-14-32-20-18(27-22(29)23(24,25)26)21(33-13-6-2)34-17(15-30-3)19(20)28;1-5-7-8-9-10-11-16(25-4)12-14-26-20-18(22)21(27-13-6-2)28-17(15-24-3)19(20)23;1-4(2,3)5;/h6,16-21,28H,2,5,7-15H2,1,3-4H3,(H,27,29);6,13,16-21,23H,5,7-12,14-15,22H2,1-4H3;1-3H3;/q;;-1;+1/b;13-6-;;. The Kier molecular flexibility index (Phi) is 42.1. The molecule has 12 atom stereocenters. The van der Waals surface area contributed by atoms with Crippen LogP contribution in [0.15, 0.2) is 25.0 Å². The number of rotatable bonds is 32. The number of allylic oxidation sites excluding steroid dienone is 1. The molecule has 12 unspecified atom stereocenters. The van der Waals surface area contributed by atoms with Crippen LogP contribution >= 0.6 is 0 Å². The number of ether oxygens (including phenoxy) is 10. The van der Waals surface area contributed by atoms with E-state index in [1.54, 1.807) is 48.2 Å². The van der Waals surface area contributed by atoms with Crippen molar-refractivity contribution in [1.29, 1.82) is 0 Å². The first kappa shape index (κ1) is 69.7. The molecule has 1 amide bonds. The minimum atomic E-state index is -5.12. The second kappa shape index (κ2) is 41.1. The molecule has 2 fully saturated rings. The summed E-state index contributed by atoms with van der Waals surface area (Å²) in [5, 5.41) is 33.3. The molecule has 0 aromatic rings. The number of nitrogens with two attached hydrogens (primary N) is 1. The SMILES string of the molecule is C/C=C\OC1OC(COC)C(O)C(OCCC(CCCCCCC)OC)C1N.C=CCOC1OC(COC)C(O)C(OCCC(CCCCCCC)OC)C1NC(=O)C(F)(F)F.CC(C)(C)[O-].[K+]. The summed E-state index contributed by atoms with van der Waals surface area (Å²) in [6.45, 7) is 15.3. The summed E-state index contributed by atoms with van der Waals surface area (Å²) in [5.74, 6) is -2.18. The maximum absolute atomic E-state index is 13.0. The second-order valence-electron chi connectivity index (χ2n) is 17.8. The smallest absolute Gasteiger partial charge is 0.850 e. The summed E-state index contributed by atoms with van der Waals surface area (Å²) < 4.78 is 94.3. The molecule has 2 rings (SSSR count). The number of nitrogens with one attached hydrogen (secondary N) is 1. The van der Waals surface area contributed by atoms with Gasteiger partial charge in [-0.3, -0.25) is 4.79 Å². The zero-order valence-corrected chi connectivity index (χ0v) is 46.4. The Morgan fingerprint density at radius 3 is 1.62 bits per heavy atom. The van der Waals surface area contributed by atoms with Crippen molar-refractivity contribution in [3.05, 3.63) is 25.0 Å². The molecule has 2 heterocycles. The van der Waals surface area contributed by atoms with Crippen LogP contribution in [0.5, 0.6) is 0 Å². The number of aliphatic hydroxyl groups is 2. The maximum Gasteiger partial charge on any atom is 1.00 e. The van der Waals surface area contributed by atoms with Gasteiger partial charge in [0.2, 0.25) is 6.29 Å². The summed E-state index contributed by atoms with van der Waals surface area (Å²) >= 11 is 0. The minimum absolute atomic E-state index is 0. The van der Waals surface area contributed by atoms with E-state index >= 15 is 0 Å². The molecular weight excluding hydrogens is 925 g/mol. The molecule has 398 valence electrons. The van der Waals surface area contributed by atoms with Crippen LogP contribution < -0.4 is 67.5 Å². The molecule has 5 N–H and O–H groups in total. The maximum atomic E-state index is 13.0. The predicted octanol–water partition coefficient (Wildman–Crippen LogP) is 3.02. The Bertz CT molecular complexity index is 1250. The van der Waals surface area contributed by atoms with Crippen LogP contribution in [0.25, 0.3) is 0 Å². The van der Waals surface area contributed by atoms with E-state index in [-0.39, 0.29) is 90.0 Å². The molecular formula is C48H90F3KN2O14. The van der Waals surface area contributed by atoms with Crippen molar-refractivity contribution in [2.75, 3.05) is 61.5 Å². The zero-order chi connectivity index (χ0) is 50.8. The Labute approximate surface area is 449 Å². The predicted molar refractivity (Wildman–Crippen MR) is 248 cm³/mol. The number of amides is 1. The van der Waals surface area contributed by atoms with Crippen molar-refractivity contribution in [2.24, 2.45) is 5.73 Å². The van der Waals surface area contributed by atoms with Crippen LogP contribution in [0.2, 0.25) is 0 Å². The fourth-order valence-corrected chi connectivity index (χ4v) is 7.22. The van der Waals surface area contributed by atoms with E-state index in [4.69, 9.17) is 53.1 Å². The van der Waals surface area contributed by atoms with E-state index < -0.39 is 79.0 Å². The van der Waals surface area contributed by atoms with Crippen molar-refractivity contribution in [1.82, 2.24) is 5.32 Å². The van der Waals surface area contributed by atoms with Gasteiger partial charge in [0.25, 0.3) is 0 Å². The third kappa shape index (κ3) is 31.3. The summed E-state index contributed by atoms with van der Waals surface area (Å²) in [5.41, 5.74) is 5.50. The zero-order valence-electron chi connectivity index (χ0n) is 43.3. The number of aliphatic hydroxyl groups excluding tert-OH is 2. The van der Waals surface area contributed by atoms with E-state index in [0.29, 0.717) is 13.0 Å². The van der Waals surface area contributed by atoms with Crippen LogP contribution in [0.1, 0.15) is 131 Å². The van der Waals surface area contributed by atoms with Crippen LogP contribution in [-0.4, -0.2) is 163 Å². The molecule has 0 radical (unpaired) electrons. The van der Waals surface area contributed by atoms with E-state index in [0.717, 1.165) is 51.4 Å². The Morgan fingerprint density at radius 1 is 0.765 bits per heavy atom. The Hall–Kier alpha value is -0.344. The van der Waals surface area contributed by atoms with Gasteiger partial charge in [0.05, 0.1) is 44.3 Å². The van der Waals surface area contributed by atoms with Crippen LogP contribution in [0.4, 0.5) is 13.2 Å². The quantitative estimate of drug-likeness (QED) is 0.0331. The second-order valence-corrected chi connectivity index (χ2v) is 17.8. The van der Waals surface area contributed by atoms with E-state index in [2.05, 4.69) is 20.4 Å². The Balaban J connectivity index is 0. The number of unbranched alkanes of at least 4 members (excludes halogenated alkanes) is 8.